The van der Waals surface area contributed by atoms with Gasteiger partial charge in [-0.15, -0.1) is 5.10 Å². The van der Waals surface area contributed by atoms with E-state index in [1.165, 1.54) is 0 Å². The zero-order chi connectivity index (χ0) is 21.9. The zero-order valence-corrected chi connectivity index (χ0v) is 18.7. The first-order chi connectivity index (χ1) is 15.7. The van der Waals surface area contributed by atoms with Gasteiger partial charge in [-0.3, -0.25) is 9.88 Å². The second-order valence-electron chi connectivity index (χ2n) is 7.83. The van der Waals surface area contributed by atoms with E-state index >= 15 is 0 Å². The van der Waals surface area contributed by atoms with Crippen molar-refractivity contribution in [3.63, 3.8) is 0 Å². The lowest BCUT2D eigenvalue weighted by molar-refractivity contribution is 0.144. The number of hydrogen-bond acceptors (Lipinski definition) is 6. The molecule has 1 aliphatic heterocycles. The lowest BCUT2D eigenvalue weighted by Crippen LogP contribution is -2.47. The Morgan fingerprint density at radius 2 is 1.66 bits per heavy atom. The molecule has 4 aromatic rings. The zero-order valence-electron chi connectivity index (χ0n) is 18.0. The highest BCUT2D eigenvalue weighted by atomic mass is 35.5. The van der Waals surface area contributed by atoms with Gasteiger partial charge in [-0.2, -0.15) is 0 Å². The van der Waals surface area contributed by atoms with Crippen molar-refractivity contribution in [1.29, 1.82) is 0 Å². The summed E-state index contributed by atoms with van der Waals surface area (Å²) in [5.74, 6) is 0.958. The molecule has 7 nitrogen and oxygen atoms in total. The van der Waals surface area contributed by atoms with Gasteiger partial charge in [0.15, 0.2) is 5.65 Å². The predicted molar refractivity (Wildman–Crippen MR) is 127 cm³/mol. The van der Waals surface area contributed by atoms with Crippen molar-refractivity contribution in [2.24, 2.45) is 0 Å². The molecule has 1 aliphatic rings. The third-order valence-corrected chi connectivity index (χ3v) is 6.09. The van der Waals surface area contributed by atoms with Crippen molar-refractivity contribution in [2.45, 2.75) is 0 Å². The molecule has 8 heteroatoms. The summed E-state index contributed by atoms with van der Waals surface area (Å²) < 4.78 is 7.17. The van der Waals surface area contributed by atoms with Gasteiger partial charge >= 0.3 is 0 Å². The molecule has 0 bridgehead atoms. The largest absolute Gasteiger partial charge is 0.383 e. The Bertz CT molecular complexity index is 1190. The van der Waals surface area contributed by atoms with E-state index in [1.807, 2.05) is 47.0 Å². The van der Waals surface area contributed by atoms with Crippen LogP contribution in [0.5, 0.6) is 0 Å². The summed E-state index contributed by atoms with van der Waals surface area (Å²) >= 11 is 6.12. The molecule has 0 amide bonds. The molecular formula is C24H25ClN6O. The molecule has 1 saturated heterocycles. The summed E-state index contributed by atoms with van der Waals surface area (Å²) in [5.41, 5.74) is 4.66. The fourth-order valence-corrected chi connectivity index (χ4v) is 4.22. The number of anilines is 1. The number of fused-ring (bicyclic) bond motifs is 1. The normalized spacial score (nSPS) is 14.9. The second-order valence-corrected chi connectivity index (χ2v) is 8.27. The summed E-state index contributed by atoms with van der Waals surface area (Å²) in [5, 5.41) is 5.72. The van der Waals surface area contributed by atoms with E-state index in [-0.39, 0.29) is 0 Å². The highest BCUT2D eigenvalue weighted by Gasteiger charge is 2.21. The monoisotopic (exact) mass is 448 g/mol. The SMILES string of the molecule is COCCN1CCN(c2ccc3nc(-c4ccc(Cl)cc4)c(-c4ccncc4)n3n2)CC1. The standard InChI is InChI=1S/C24H25ClN6O/c1-32-17-16-29-12-14-30(15-13-29)22-7-6-21-27-23(18-2-4-20(25)5-3-18)24(31(21)28-22)19-8-10-26-11-9-19/h2-11H,12-17H2,1H3. The third kappa shape index (κ3) is 4.19. The third-order valence-electron chi connectivity index (χ3n) is 5.84. The van der Waals surface area contributed by atoms with E-state index in [4.69, 9.17) is 26.4 Å². The van der Waals surface area contributed by atoms with Crippen LogP contribution in [-0.2, 0) is 4.74 Å². The molecule has 0 atom stereocenters. The smallest absolute Gasteiger partial charge is 0.155 e. The van der Waals surface area contributed by atoms with Crippen LogP contribution >= 0.6 is 11.6 Å². The quantitative estimate of drug-likeness (QED) is 0.446. The minimum absolute atomic E-state index is 0.702. The van der Waals surface area contributed by atoms with Crippen LogP contribution in [0, 0.1) is 0 Å². The van der Waals surface area contributed by atoms with Crippen LogP contribution in [0.1, 0.15) is 0 Å². The fraction of sp³-hybridized carbons (Fsp3) is 0.292. The van der Waals surface area contributed by atoms with Crippen LogP contribution in [0.4, 0.5) is 5.82 Å². The molecule has 0 saturated carbocycles. The molecule has 3 aromatic heterocycles. The van der Waals surface area contributed by atoms with Crippen LogP contribution in [0.15, 0.2) is 60.9 Å². The van der Waals surface area contributed by atoms with Crippen molar-refractivity contribution in [3.8, 4) is 22.5 Å². The number of aromatic nitrogens is 4. The van der Waals surface area contributed by atoms with Gasteiger partial charge < -0.3 is 9.64 Å². The molecule has 0 radical (unpaired) electrons. The molecule has 5 rings (SSSR count). The Balaban J connectivity index is 1.53. The minimum atomic E-state index is 0.702. The van der Waals surface area contributed by atoms with Gasteiger partial charge in [0, 0.05) is 68.4 Å². The van der Waals surface area contributed by atoms with Crippen LogP contribution in [-0.4, -0.2) is 70.9 Å². The second kappa shape index (κ2) is 9.24. The molecule has 0 unspecified atom stereocenters. The number of ether oxygens (including phenoxy) is 1. The molecule has 0 spiro atoms. The van der Waals surface area contributed by atoms with Gasteiger partial charge in [0.2, 0.25) is 0 Å². The molecule has 32 heavy (non-hydrogen) atoms. The van der Waals surface area contributed by atoms with E-state index in [9.17, 15) is 0 Å². The Kier molecular flexibility index (Phi) is 6.03. The fourth-order valence-electron chi connectivity index (χ4n) is 4.09. The van der Waals surface area contributed by atoms with Gasteiger partial charge in [-0.1, -0.05) is 23.7 Å². The molecule has 164 valence electrons. The topological polar surface area (TPSA) is 58.8 Å². The molecule has 4 heterocycles. The number of benzene rings is 1. The number of hydrogen-bond donors (Lipinski definition) is 0. The number of rotatable bonds is 6. The average Bonchev–Trinajstić information content (AvgIpc) is 3.23. The van der Waals surface area contributed by atoms with Gasteiger partial charge in [0.1, 0.15) is 11.5 Å². The van der Waals surface area contributed by atoms with Crippen molar-refractivity contribution in [1.82, 2.24) is 24.5 Å². The summed E-state index contributed by atoms with van der Waals surface area (Å²) in [4.78, 5) is 13.9. The summed E-state index contributed by atoms with van der Waals surface area (Å²) in [6.07, 6.45) is 3.59. The molecule has 0 N–H and O–H groups in total. The van der Waals surface area contributed by atoms with E-state index in [0.29, 0.717) is 5.02 Å². The van der Waals surface area contributed by atoms with Gasteiger partial charge in [0.25, 0.3) is 0 Å². The maximum Gasteiger partial charge on any atom is 0.155 e. The van der Waals surface area contributed by atoms with Crippen LogP contribution in [0.2, 0.25) is 5.02 Å². The maximum absolute atomic E-state index is 6.12. The van der Waals surface area contributed by atoms with Gasteiger partial charge in [0.05, 0.1) is 12.3 Å². The van der Waals surface area contributed by atoms with Crippen LogP contribution in [0.25, 0.3) is 28.2 Å². The van der Waals surface area contributed by atoms with E-state index in [1.54, 1.807) is 19.5 Å². The Labute approximate surface area is 192 Å². The number of methoxy groups -OCH3 is 1. The van der Waals surface area contributed by atoms with Gasteiger partial charge in [-0.25, -0.2) is 9.50 Å². The van der Waals surface area contributed by atoms with E-state index < -0.39 is 0 Å². The van der Waals surface area contributed by atoms with Crippen molar-refractivity contribution in [2.75, 3.05) is 51.3 Å². The van der Waals surface area contributed by atoms with Crippen molar-refractivity contribution < 1.29 is 4.74 Å². The van der Waals surface area contributed by atoms with Crippen molar-refractivity contribution >= 4 is 23.1 Å². The Morgan fingerprint density at radius 1 is 0.906 bits per heavy atom. The molecule has 1 aromatic carbocycles. The number of piperazine rings is 1. The lowest BCUT2D eigenvalue weighted by atomic mass is 10.1. The van der Waals surface area contributed by atoms with Crippen molar-refractivity contribution in [3.05, 3.63) is 65.9 Å². The maximum atomic E-state index is 6.12. The lowest BCUT2D eigenvalue weighted by Gasteiger charge is -2.35. The Hall–Kier alpha value is -3.00. The molecule has 0 aliphatic carbocycles. The summed E-state index contributed by atoms with van der Waals surface area (Å²) in [6, 6.07) is 15.9. The highest BCUT2D eigenvalue weighted by Crippen LogP contribution is 2.33. The van der Waals surface area contributed by atoms with Crippen LogP contribution < -0.4 is 4.90 Å². The van der Waals surface area contributed by atoms with E-state index in [0.717, 1.165) is 73.3 Å². The first kappa shape index (κ1) is 20.9. The molecule has 1 fully saturated rings. The molecular weight excluding hydrogens is 424 g/mol. The van der Waals surface area contributed by atoms with E-state index in [2.05, 4.69) is 20.9 Å². The van der Waals surface area contributed by atoms with Gasteiger partial charge in [-0.05, 0) is 36.4 Å². The number of pyridine rings is 1. The highest BCUT2D eigenvalue weighted by molar-refractivity contribution is 6.30. The first-order valence-electron chi connectivity index (χ1n) is 10.8. The summed E-state index contributed by atoms with van der Waals surface area (Å²) in [6.45, 7) is 5.61. The first-order valence-corrected chi connectivity index (χ1v) is 11.1. The summed E-state index contributed by atoms with van der Waals surface area (Å²) in [7, 11) is 1.75. The number of nitrogens with zero attached hydrogens (tertiary/aromatic N) is 6. The average molecular weight is 449 g/mol. The Morgan fingerprint density at radius 3 is 2.38 bits per heavy atom. The van der Waals surface area contributed by atoms with Crippen LogP contribution in [0.3, 0.4) is 0 Å². The predicted octanol–water partition coefficient (Wildman–Crippen LogP) is 3.88. The number of imidazole rings is 1. The number of halogens is 1. The minimum Gasteiger partial charge on any atom is -0.383 e.